The van der Waals surface area contributed by atoms with Gasteiger partial charge in [-0.1, -0.05) is 11.6 Å². The van der Waals surface area contributed by atoms with E-state index in [1.807, 2.05) is 4.98 Å². The Hall–Kier alpha value is -1.57. The molecule has 0 fully saturated rings. The zero-order valence-corrected chi connectivity index (χ0v) is 9.31. The van der Waals surface area contributed by atoms with Crippen LogP contribution in [-0.4, -0.2) is 29.9 Å². The Kier molecular flexibility index (Phi) is 4.33. The molecule has 18 heavy (non-hydrogen) atoms. The topological polar surface area (TPSA) is 59.2 Å². The molecule has 100 valence electrons. The van der Waals surface area contributed by atoms with E-state index in [0.29, 0.717) is 0 Å². The lowest BCUT2D eigenvalue weighted by Gasteiger charge is -2.14. The van der Waals surface area contributed by atoms with Gasteiger partial charge in [-0.2, -0.15) is 8.78 Å². The van der Waals surface area contributed by atoms with E-state index in [2.05, 4.69) is 4.74 Å². The number of alkyl halides is 4. The van der Waals surface area contributed by atoms with Gasteiger partial charge in [-0.15, -0.1) is 0 Å². The summed E-state index contributed by atoms with van der Waals surface area (Å²) in [6.07, 6.45) is -3.07. The Morgan fingerprint density at radius 3 is 2.61 bits per heavy atom. The van der Waals surface area contributed by atoms with Gasteiger partial charge in [0.15, 0.2) is 6.61 Å². The van der Waals surface area contributed by atoms with E-state index in [1.165, 1.54) is 0 Å². The molecule has 0 aliphatic rings. The van der Waals surface area contributed by atoms with Crippen LogP contribution in [0.15, 0.2) is 17.1 Å². The molecule has 1 rings (SSSR count). The minimum atomic E-state index is -4.43. The number of pyridine rings is 1. The van der Waals surface area contributed by atoms with E-state index in [0.717, 1.165) is 12.3 Å². The van der Waals surface area contributed by atoms with Gasteiger partial charge in [0.1, 0.15) is 5.02 Å². The third-order valence-electron chi connectivity index (χ3n) is 1.81. The van der Waals surface area contributed by atoms with Crippen molar-refractivity contribution in [2.75, 3.05) is 6.61 Å². The number of hydrogen-bond acceptors (Lipinski definition) is 3. The maximum Gasteiger partial charge on any atom is 0.340 e. The van der Waals surface area contributed by atoms with Crippen LogP contribution >= 0.6 is 11.6 Å². The van der Waals surface area contributed by atoms with E-state index in [-0.39, 0.29) is 10.6 Å². The predicted molar refractivity (Wildman–Crippen MR) is 53.3 cm³/mol. The second-order valence-corrected chi connectivity index (χ2v) is 3.61. The fraction of sp³-hybridized carbons (Fsp3) is 0.333. The molecule has 0 atom stereocenters. The van der Waals surface area contributed by atoms with E-state index < -0.39 is 30.5 Å². The van der Waals surface area contributed by atoms with Gasteiger partial charge < -0.3 is 9.72 Å². The van der Waals surface area contributed by atoms with Crippen molar-refractivity contribution in [3.63, 3.8) is 0 Å². The number of esters is 1. The molecule has 0 unspecified atom stereocenters. The summed E-state index contributed by atoms with van der Waals surface area (Å²) in [4.78, 5) is 24.1. The zero-order chi connectivity index (χ0) is 13.9. The number of halogens is 5. The highest BCUT2D eigenvalue weighted by molar-refractivity contribution is 6.30. The summed E-state index contributed by atoms with van der Waals surface area (Å²) in [6.45, 7) is -1.76. The first kappa shape index (κ1) is 14.5. The van der Waals surface area contributed by atoms with Crippen molar-refractivity contribution >= 4 is 17.6 Å². The SMILES string of the molecule is O=C(OCC(F)(F)C(F)F)c1c[nH]c(=O)c(Cl)c1. The van der Waals surface area contributed by atoms with Crippen LogP contribution in [-0.2, 0) is 4.74 Å². The Labute approximate surface area is 103 Å². The lowest BCUT2D eigenvalue weighted by atomic mass is 10.3. The van der Waals surface area contributed by atoms with Crippen molar-refractivity contribution in [3.05, 3.63) is 33.2 Å². The molecule has 0 aromatic carbocycles. The van der Waals surface area contributed by atoms with E-state index in [4.69, 9.17) is 11.6 Å². The van der Waals surface area contributed by atoms with Crippen LogP contribution in [0.3, 0.4) is 0 Å². The molecule has 0 aliphatic heterocycles. The van der Waals surface area contributed by atoms with Gasteiger partial charge >= 0.3 is 18.3 Å². The molecule has 0 saturated heterocycles. The molecular formula is C9H6ClF4NO3. The molecular weight excluding hydrogens is 282 g/mol. The number of aromatic amines is 1. The molecule has 0 saturated carbocycles. The Bertz CT molecular complexity index is 503. The largest absolute Gasteiger partial charge is 0.455 e. The van der Waals surface area contributed by atoms with Gasteiger partial charge in [0, 0.05) is 6.20 Å². The van der Waals surface area contributed by atoms with Crippen molar-refractivity contribution in [2.24, 2.45) is 0 Å². The summed E-state index contributed by atoms with van der Waals surface area (Å²) in [6, 6.07) is 0.878. The summed E-state index contributed by atoms with van der Waals surface area (Å²) >= 11 is 5.38. The quantitative estimate of drug-likeness (QED) is 0.681. The van der Waals surface area contributed by atoms with Crippen LogP contribution in [0.25, 0.3) is 0 Å². The van der Waals surface area contributed by atoms with Gasteiger partial charge in [-0.05, 0) is 6.07 Å². The highest BCUT2D eigenvalue weighted by atomic mass is 35.5. The first-order valence-electron chi connectivity index (χ1n) is 4.45. The normalized spacial score (nSPS) is 11.7. The van der Waals surface area contributed by atoms with Crippen LogP contribution in [0.2, 0.25) is 5.02 Å². The number of aromatic nitrogens is 1. The Balaban J connectivity index is 2.72. The third-order valence-corrected chi connectivity index (χ3v) is 2.09. The summed E-state index contributed by atoms with van der Waals surface area (Å²) in [5.41, 5.74) is -1.02. The van der Waals surface area contributed by atoms with Gasteiger partial charge in [0.05, 0.1) is 5.56 Å². The highest BCUT2D eigenvalue weighted by Gasteiger charge is 2.42. The first-order chi connectivity index (χ1) is 8.24. The minimum absolute atomic E-state index is 0.329. The first-order valence-corrected chi connectivity index (χ1v) is 4.83. The number of ether oxygens (including phenoxy) is 1. The fourth-order valence-electron chi connectivity index (χ4n) is 0.882. The summed E-state index contributed by atoms with van der Waals surface area (Å²) in [7, 11) is 0. The van der Waals surface area contributed by atoms with Crippen LogP contribution in [0, 0.1) is 0 Å². The number of hydrogen-bond donors (Lipinski definition) is 1. The number of carbonyl (C=O) groups excluding carboxylic acids is 1. The highest BCUT2D eigenvalue weighted by Crippen LogP contribution is 2.23. The molecule has 0 spiro atoms. The Morgan fingerprint density at radius 2 is 2.11 bits per heavy atom. The van der Waals surface area contributed by atoms with Crippen molar-refractivity contribution in [1.82, 2.24) is 4.98 Å². The summed E-state index contributed by atoms with van der Waals surface area (Å²) < 4.78 is 52.5. The average Bonchev–Trinajstić information content (AvgIpc) is 2.29. The summed E-state index contributed by atoms with van der Waals surface area (Å²) in [5, 5.41) is -0.356. The summed E-state index contributed by atoms with van der Waals surface area (Å²) in [5.74, 6) is -5.73. The van der Waals surface area contributed by atoms with E-state index >= 15 is 0 Å². The smallest absolute Gasteiger partial charge is 0.340 e. The predicted octanol–water partition coefficient (Wildman–Crippen LogP) is 2.09. The number of rotatable bonds is 4. The maximum absolute atomic E-state index is 12.5. The van der Waals surface area contributed by atoms with Gasteiger partial charge in [0.2, 0.25) is 0 Å². The molecule has 1 N–H and O–H groups in total. The monoisotopic (exact) mass is 287 g/mol. The van der Waals surface area contributed by atoms with Gasteiger partial charge in [0.25, 0.3) is 5.56 Å². The van der Waals surface area contributed by atoms with E-state index in [9.17, 15) is 27.2 Å². The second kappa shape index (κ2) is 5.38. The Morgan fingerprint density at radius 1 is 1.50 bits per heavy atom. The molecule has 0 aliphatic carbocycles. The number of carbonyl (C=O) groups is 1. The maximum atomic E-state index is 12.5. The lowest BCUT2D eigenvalue weighted by Crippen LogP contribution is -2.33. The fourth-order valence-corrected chi connectivity index (χ4v) is 1.05. The van der Waals surface area contributed by atoms with Gasteiger partial charge in [-0.3, -0.25) is 4.79 Å². The molecule has 4 nitrogen and oxygen atoms in total. The molecule has 9 heteroatoms. The molecule has 0 bridgehead atoms. The molecule has 1 aromatic heterocycles. The molecule has 1 heterocycles. The molecule has 0 amide bonds. The van der Waals surface area contributed by atoms with Gasteiger partial charge in [-0.25, -0.2) is 13.6 Å². The number of nitrogens with one attached hydrogen (secondary N) is 1. The molecule has 0 radical (unpaired) electrons. The van der Waals surface area contributed by atoms with Crippen LogP contribution < -0.4 is 5.56 Å². The van der Waals surface area contributed by atoms with Crippen molar-refractivity contribution in [2.45, 2.75) is 12.3 Å². The van der Waals surface area contributed by atoms with Crippen molar-refractivity contribution in [1.29, 1.82) is 0 Å². The third kappa shape index (κ3) is 3.46. The van der Waals surface area contributed by atoms with Crippen LogP contribution in [0.1, 0.15) is 10.4 Å². The lowest BCUT2D eigenvalue weighted by molar-refractivity contribution is -0.155. The zero-order valence-electron chi connectivity index (χ0n) is 8.55. The van der Waals surface area contributed by atoms with Crippen LogP contribution in [0.4, 0.5) is 17.6 Å². The van der Waals surface area contributed by atoms with E-state index in [1.54, 1.807) is 0 Å². The molecule has 1 aromatic rings. The number of H-pyrrole nitrogens is 1. The standard InChI is InChI=1S/C9H6ClF4NO3/c10-5-1-4(2-15-6(5)16)7(17)18-3-9(13,14)8(11)12/h1-2,8H,3H2,(H,15,16). The second-order valence-electron chi connectivity index (χ2n) is 3.20. The van der Waals surface area contributed by atoms with Crippen molar-refractivity contribution in [3.8, 4) is 0 Å². The average molecular weight is 288 g/mol. The van der Waals surface area contributed by atoms with Crippen molar-refractivity contribution < 1.29 is 27.1 Å². The minimum Gasteiger partial charge on any atom is -0.455 e. The van der Waals surface area contributed by atoms with Crippen LogP contribution in [0.5, 0.6) is 0 Å².